The first-order valence-electron chi connectivity index (χ1n) is 7.64. The molecule has 0 unspecified atom stereocenters. The molecular weight excluding hydrogens is 443 g/mol. The van der Waals surface area contributed by atoms with Gasteiger partial charge in [-0.25, -0.2) is 4.79 Å². The van der Waals surface area contributed by atoms with Crippen LogP contribution in [-0.2, 0) is 4.79 Å². The fourth-order valence-corrected chi connectivity index (χ4v) is 4.02. The van der Waals surface area contributed by atoms with Gasteiger partial charge >= 0.3 is 5.97 Å². The average Bonchev–Trinajstić information content (AvgIpc) is 2.89. The van der Waals surface area contributed by atoms with E-state index in [1.54, 1.807) is 18.2 Å². The molecule has 1 aliphatic heterocycles. The van der Waals surface area contributed by atoms with E-state index in [2.05, 4.69) is 5.43 Å². The van der Waals surface area contributed by atoms with Crippen LogP contribution in [0, 0.1) is 0 Å². The van der Waals surface area contributed by atoms with Crippen LogP contribution in [-0.4, -0.2) is 32.2 Å². The van der Waals surface area contributed by atoms with E-state index in [0.29, 0.717) is 10.6 Å². The van der Waals surface area contributed by atoms with Crippen LogP contribution < -0.4 is 5.43 Å². The molecule has 10 heteroatoms. The molecule has 6 nitrogen and oxygen atoms in total. The molecule has 1 heterocycles. The fraction of sp³-hybridized carbons (Fsp3) is 0. The third kappa shape index (κ3) is 4.20. The summed E-state index contributed by atoms with van der Waals surface area (Å²) in [6, 6.07) is 10.6. The summed E-state index contributed by atoms with van der Waals surface area (Å²) >= 11 is 17.9. The number of rotatable bonds is 4. The molecule has 0 aliphatic carbocycles. The van der Waals surface area contributed by atoms with Crippen molar-refractivity contribution in [1.82, 2.24) is 10.4 Å². The van der Waals surface area contributed by atoms with Crippen LogP contribution in [0.5, 0.6) is 0 Å². The molecule has 1 aliphatic rings. The number of nitrogens with one attached hydrogen (secondary N) is 1. The number of thiocarbonyl (C=S) groups is 1. The number of hydrazine groups is 1. The van der Waals surface area contributed by atoms with Gasteiger partial charge in [-0.2, -0.15) is 5.01 Å². The quantitative estimate of drug-likeness (QED) is 0.532. The number of carbonyl (C=O) groups is 3. The normalized spacial score (nSPS) is 15.2. The maximum atomic E-state index is 12.6. The van der Waals surface area contributed by atoms with Gasteiger partial charge in [-0.15, -0.1) is 0 Å². The lowest BCUT2D eigenvalue weighted by atomic mass is 10.1. The van der Waals surface area contributed by atoms with Crippen molar-refractivity contribution in [1.29, 1.82) is 0 Å². The molecule has 0 bridgehead atoms. The van der Waals surface area contributed by atoms with Gasteiger partial charge in [0.25, 0.3) is 11.8 Å². The number of nitrogens with zero attached hydrogens (tertiary/aromatic N) is 1. The van der Waals surface area contributed by atoms with E-state index in [1.165, 1.54) is 30.3 Å². The Balaban J connectivity index is 1.84. The molecular formula is C18H10Cl2N2O4S2. The molecule has 28 heavy (non-hydrogen) atoms. The summed E-state index contributed by atoms with van der Waals surface area (Å²) in [6.45, 7) is 0. The maximum absolute atomic E-state index is 12.6. The van der Waals surface area contributed by atoms with Gasteiger partial charge in [-0.3, -0.25) is 15.0 Å². The van der Waals surface area contributed by atoms with Crippen LogP contribution in [0.15, 0.2) is 47.4 Å². The van der Waals surface area contributed by atoms with Crippen LogP contribution in [0.2, 0.25) is 10.0 Å². The van der Waals surface area contributed by atoms with Gasteiger partial charge in [0.1, 0.15) is 0 Å². The lowest BCUT2D eigenvalue weighted by molar-refractivity contribution is -0.123. The first kappa shape index (κ1) is 20.3. The number of carbonyl (C=O) groups excluding carboxylic acids is 2. The second kappa shape index (κ2) is 8.32. The molecule has 3 rings (SSSR count). The van der Waals surface area contributed by atoms with Crippen molar-refractivity contribution in [3.63, 3.8) is 0 Å². The van der Waals surface area contributed by atoms with Gasteiger partial charge < -0.3 is 5.11 Å². The first-order valence-corrected chi connectivity index (χ1v) is 9.62. The smallest absolute Gasteiger partial charge is 0.336 e. The average molecular weight is 453 g/mol. The molecule has 1 fully saturated rings. The van der Waals surface area contributed by atoms with Crippen LogP contribution in [0.25, 0.3) is 6.08 Å². The molecule has 0 radical (unpaired) electrons. The molecule has 2 N–H and O–H groups in total. The lowest BCUT2D eigenvalue weighted by Gasteiger charge is -2.16. The second-order valence-corrected chi connectivity index (χ2v) is 7.99. The van der Waals surface area contributed by atoms with E-state index in [0.717, 1.165) is 16.8 Å². The Bertz CT molecular complexity index is 1060. The van der Waals surface area contributed by atoms with E-state index < -0.39 is 17.8 Å². The molecule has 2 amide bonds. The Kier molecular flexibility index (Phi) is 6.04. The largest absolute Gasteiger partial charge is 0.478 e. The zero-order valence-electron chi connectivity index (χ0n) is 13.8. The number of hydrogen-bond donors (Lipinski definition) is 2. The predicted molar refractivity (Wildman–Crippen MR) is 112 cm³/mol. The van der Waals surface area contributed by atoms with Gasteiger partial charge in [-0.1, -0.05) is 53.2 Å². The topological polar surface area (TPSA) is 86.7 Å². The second-order valence-electron chi connectivity index (χ2n) is 5.47. The van der Waals surface area contributed by atoms with Gasteiger partial charge in [-0.05, 0) is 48.1 Å². The van der Waals surface area contributed by atoms with E-state index in [1.807, 2.05) is 0 Å². The monoisotopic (exact) mass is 452 g/mol. The molecule has 0 spiro atoms. The van der Waals surface area contributed by atoms with Gasteiger partial charge in [0.15, 0.2) is 4.32 Å². The highest BCUT2D eigenvalue weighted by Gasteiger charge is 2.34. The summed E-state index contributed by atoms with van der Waals surface area (Å²) in [5.74, 6) is -2.33. The third-order valence-electron chi connectivity index (χ3n) is 3.66. The zero-order valence-corrected chi connectivity index (χ0v) is 17.0. The molecule has 1 saturated heterocycles. The number of benzene rings is 2. The van der Waals surface area contributed by atoms with Crippen molar-refractivity contribution >= 4 is 75.4 Å². The third-order valence-corrected chi connectivity index (χ3v) is 5.51. The van der Waals surface area contributed by atoms with Gasteiger partial charge in [0.05, 0.1) is 21.1 Å². The van der Waals surface area contributed by atoms with Crippen LogP contribution >= 0.6 is 47.2 Å². The Labute approximate surface area is 179 Å². The van der Waals surface area contributed by atoms with Crippen molar-refractivity contribution in [3.8, 4) is 0 Å². The van der Waals surface area contributed by atoms with Crippen molar-refractivity contribution < 1.29 is 19.5 Å². The summed E-state index contributed by atoms with van der Waals surface area (Å²) in [5.41, 5.74) is 2.93. The van der Waals surface area contributed by atoms with Gasteiger partial charge in [0, 0.05) is 5.02 Å². The number of carboxylic acids is 1. The lowest BCUT2D eigenvalue weighted by Crippen LogP contribution is -2.44. The summed E-state index contributed by atoms with van der Waals surface area (Å²) in [7, 11) is 0. The summed E-state index contributed by atoms with van der Waals surface area (Å²) < 4.78 is 0.0995. The number of aromatic carboxylic acids is 1. The van der Waals surface area contributed by atoms with Crippen LogP contribution in [0.4, 0.5) is 0 Å². The van der Waals surface area contributed by atoms with Crippen molar-refractivity contribution in [3.05, 3.63) is 74.1 Å². The Morgan fingerprint density at radius 2 is 1.86 bits per heavy atom. The number of hydrogen-bond acceptors (Lipinski definition) is 5. The summed E-state index contributed by atoms with van der Waals surface area (Å²) in [6.07, 6.45) is 1.42. The predicted octanol–water partition coefficient (Wildman–Crippen LogP) is 4.24. The minimum atomic E-state index is -1.12. The molecule has 2 aromatic carbocycles. The van der Waals surface area contributed by atoms with E-state index in [4.69, 9.17) is 35.4 Å². The SMILES string of the molecule is O=C(NN1C(=O)/C(=C\c2ccccc2C(=O)O)SC1=S)c1ccc(Cl)cc1Cl. The number of carboxylic acid groups (broad SMARTS) is 1. The minimum absolute atomic E-state index is 0.0461. The number of halogens is 2. The minimum Gasteiger partial charge on any atom is -0.478 e. The van der Waals surface area contributed by atoms with Crippen LogP contribution in [0.3, 0.4) is 0 Å². The maximum Gasteiger partial charge on any atom is 0.336 e. The molecule has 0 atom stereocenters. The standard InChI is InChI=1S/C18H10Cl2N2O4S2/c19-10-5-6-12(13(20)8-10)15(23)21-22-16(24)14(28-18(22)27)7-9-3-1-2-4-11(9)17(25)26/h1-8H,(H,21,23)(H,25,26)/b14-7+. The summed E-state index contributed by atoms with van der Waals surface area (Å²) in [5, 5.41) is 10.7. The number of thioether (sulfide) groups is 1. The highest BCUT2D eigenvalue weighted by molar-refractivity contribution is 8.26. The van der Waals surface area contributed by atoms with Gasteiger partial charge in [0.2, 0.25) is 0 Å². The van der Waals surface area contributed by atoms with E-state index in [-0.39, 0.29) is 25.4 Å². The molecule has 0 saturated carbocycles. The Hall–Kier alpha value is -2.39. The Morgan fingerprint density at radius 1 is 1.14 bits per heavy atom. The molecule has 142 valence electrons. The zero-order chi connectivity index (χ0) is 20.4. The van der Waals surface area contributed by atoms with E-state index >= 15 is 0 Å². The van der Waals surface area contributed by atoms with Crippen LogP contribution in [0.1, 0.15) is 26.3 Å². The molecule has 0 aromatic heterocycles. The highest BCUT2D eigenvalue weighted by atomic mass is 35.5. The van der Waals surface area contributed by atoms with Crippen molar-refractivity contribution in [2.75, 3.05) is 0 Å². The van der Waals surface area contributed by atoms with Crippen molar-refractivity contribution in [2.24, 2.45) is 0 Å². The first-order chi connectivity index (χ1) is 13.3. The highest BCUT2D eigenvalue weighted by Crippen LogP contribution is 2.32. The summed E-state index contributed by atoms with van der Waals surface area (Å²) in [4.78, 5) is 36.6. The van der Waals surface area contributed by atoms with E-state index in [9.17, 15) is 19.5 Å². The van der Waals surface area contributed by atoms with Crippen molar-refractivity contribution in [2.45, 2.75) is 0 Å². The number of amides is 2. The molecule has 2 aromatic rings. The Morgan fingerprint density at radius 3 is 2.54 bits per heavy atom. The fourth-order valence-electron chi connectivity index (χ4n) is 2.36.